The summed E-state index contributed by atoms with van der Waals surface area (Å²) < 4.78 is 34.9. The quantitative estimate of drug-likeness (QED) is 0.226. The van der Waals surface area contributed by atoms with Crippen LogP contribution >= 0.6 is 0 Å². The van der Waals surface area contributed by atoms with Crippen LogP contribution in [0.25, 0.3) is 0 Å². The molecular weight excluding hydrogens is 714 g/mol. The van der Waals surface area contributed by atoms with E-state index >= 15 is 0 Å². The molecule has 2 aliphatic carbocycles. The van der Waals surface area contributed by atoms with E-state index in [-0.39, 0.29) is 52.7 Å². The summed E-state index contributed by atoms with van der Waals surface area (Å²) in [5, 5.41) is 23.5. The number of ether oxygens (including phenoxy) is 2. The predicted octanol–water partition coefficient (Wildman–Crippen LogP) is 3.78. The number of hydrogen-bond acceptors (Lipinski definition) is 10. The molecule has 4 fully saturated rings. The van der Waals surface area contributed by atoms with Gasteiger partial charge < -0.3 is 38.3 Å². The number of aliphatic imine (C=N–C) groups is 2. The molecule has 0 spiro atoms. The molecule has 280 valence electrons. The molecule has 2 saturated carbocycles. The minimum absolute atomic E-state index is 0. The summed E-state index contributed by atoms with van der Waals surface area (Å²) in [4.78, 5) is 7.74. The number of benzene rings is 2. The molecule has 2 heterocycles. The van der Waals surface area contributed by atoms with Crippen LogP contribution in [0.3, 0.4) is 0 Å². The molecule has 4 aliphatic rings. The van der Waals surface area contributed by atoms with Crippen LogP contribution in [0.1, 0.15) is 77.6 Å². The zero-order valence-corrected chi connectivity index (χ0v) is 33.3. The van der Waals surface area contributed by atoms with E-state index in [4.69, 9.17) is 28.1 Å². The third kappa shape index (κ3) is 10.8. The minimum atomic E-state index is -0.594. The molecule has 53 heavy (non-hydrogen) atoms. The smallest absolute Gasteiger partial charge is 0.596 e. The zero-order chi connectivity index (χ0) is 37.9. The fraction of sp³-hybridized carbons (Fsp3) is 0.400. The summed E-state index contributed by atoms with van der Waals surface area (Å²) in [6, 6.07) is 12.9. The Morgan fingerprint density at radius 1 is 0.566 bits per heavy atom. The van der Waals surface area contributed by atoms with Gasteiger partial charge >= 0.3 is 31.3 Å². The van der Waals surface area contributed by atoms with Crippen molar-refractivity contribution >= 4 is 37.3 Å². The van der Waals surface area contributed by atoms with Crippen LogP contribution in [0.5, 0.6) is 0 Å². The van der Waals surface area contributed by atoms with E-state index in [1.54, 1.807) is 25.7 Å². The average molecular weight is 762 g/mol. The van der Waals surface area contributed by atoms with Gasteiger partial charge in [0.25, 0.3) is 0 Å². The summed E-state index contributed by atoms with van der Waals surface area (Å²) in [6.07, 6.45) is 13.1. The number of nitrogens with zero attached hydrogens (tertiary/aromatic N) is 2. The molecule has 2 aliphatic heterocycles. The van der Waals surface area contributed by atoms with Gasteiger partial charge in [0.05, 0.1) is 34.5 Å². The van der Waals surface area contributed by atoms with Gasteiger partial charge in [0.1, 0.15) is 12.2 Å². The summed E-state index contributed by atoms with van der Waals surface area (Å²) in [7, 11) is -0.798. The number of aryl methyl sites for hydroxylation is 2. The van der Waals surface area contributed by atoms with Gasteiger partial charge in [-0.2, -0.15) is 0 Å². The van der Waals surface area contributed by atoms with Crippen LogP contribution in [-0.4, -0.2) is 48.8 Å². The molecule has 6 rings (SSSR count). The van der Waals surface area contributed by atoms with Crippen molar-refractivity contribution in [3.05, 3.63) is 122 Å². The van der Waals surface area contributed by atoms with Gasteiger partial charge in [-0.15, -0.1) is 0 Å². The molecule has 0 N–H and O–H groups in total. The second kappa shape index (κ2) is 17.5. The average Bonchev–Trinajstić information content (AvgIpc) is 3.83. The Labute approximate surface area is 328 Å². The first kappa shape index (κ1) is 43.2. The molecule has 0 unspecified atom stereocenters. The molecule has 0 bridgehead atoms. The largest absolute Gasteiger partial charge is 2.00 e. The standard InChI is InChI=1S/2C20H25BNO4.Fe/c2*1-14-12-15(13-24-18(23)22-16-8-6-7-9-16)10-11-17(14)21-25-19(2,3)20(4,5)26-21;/h2*6-12H,13H2,1-5H3,(H,22,23);/q;;+2/p-2. The van der Waals surface area contributed by atoms with Crippen molar-refractivity contribution in [3.8, 4) is 0 Å². The Balaban J connectivity index is 0.000000232. The van der Waals surface area contributed by atoms with E-state index in [0.717, 1.165) is 33.2 Å². The van der Waals surface area contributed by atoms with Crippen molar-refractivity contribution < 1.29 is 55.4 Å². The van der Waals surface area contributed by atoms with Crippen LogP contribution in [0.4, 0.5) is 0 Å². The third-order valence-corrected chi connectivity index (χ3v) is 10.1. The molecule has 2 aromatic rings. The van der Waals surface area contributed by atoms with Gasteiger partial charge in [-0.3, -0.25) is 9.98 Å². The monoisotopic (exact) mass is 762 g/mol. The predicted molar refractivity (Wildman–Crippen MR) is 199 cm³/mol. The molecule has 2 saturated heterocycles. The summed E-state index contributed by atoms with van der Waals surface area (Å²) in [5.74, 6) is 0. The van der Waals surface area contributed by atoms with Crippen LogP contribution in [0.2, 0.25) is 0 Å². The number of rotatable bonds is 8. The molecule has 13 heteroatoms. The van der Waals surface area contributed by atoms with Crippen LogP contribution in [-0.2, 0) is 58.4 Å². The molecule has 10 nitrogen and oxygen atoms in total. The molecule has 0 aromatic heterocycles. The zero-order valence-electron chi connectivity index (χ0n) is 32.2. The first-order valence-corrected chi connectivity index (χ1v) is 17.5. The Morgan fingerprint density at radius 3 is 1.15 bits per heavy atom. The van der Waals surface area contributed by atoms with Gasteiger partial charge in [0, 0.05) is 13.2 Å². The minimum Gasteiger partial charge on any atom is -0.596 e. The van der Waals surface area contributed by atoms with Crippen molar-refractivity contribution in [2.75, 3.05) is 0 Å². The second-order valence-electron chi connectivity index (χ2n) is 15.2. The van der Waals surface area contributed by atoms with Gasteiger partial charge in [0.2, 0.25) is 0 Å². The molecule has 2 aromatic carbocycles. The van der Waals surface area contributed by atoms with Crippen molar-refractivity contribution in [2.45, 2.75) is 105 Å². The van der Waals surface area contributed by atoms with Crippen molar-refractivity contribution in [1.82, 2.24) is 0 Å². The number of hydrogen-bond donors (Lipinski definition) is 0. The Bertz CT molecular complexity index is 1450. The molecular formula is C40H48B2FeN2O8. The Kier molecular flexibility index (Phi) is 14.3. The fourth-order valence-corrected chi connectivity index (χ4v) is 5.57. The van der Waals surface area contributed by atoms with Crippen LogP contribution in [0.15, 0.2) is 46.4 Å². The van der Waals surface area contributed by atoms with Gasteiger partial charge in [0.15, 0.2) is 0 Å². The summed E-state index contributed by atoms with van der Waals surface area (Å²) >= 11 is 0. The first-order valence-electron chi connectivity index (χ1n) is 17.5. The van der Waals surface area contributed by atoms with Crippen molar-refractivity contribution in [2.24, 2.45) is 9.98 Å². The van der Waals surface area contributed by atoms with Crippen molar-refractivity contribution in [1.29, 1.82) is 0 Å². The third-order valence-electron chi connectivity index (χ3n) is 10.1. The van der Waals surface area contributed by atoms with E-state index in [2.05, 4.69) is 9.98 Å². The maximum absolute atomic E-state index is 11.8. The van der Waals surface area contributed by atoms with Crippen LogP contribution in [0, 0.1) is 77.3 Å². The van der Waals surface area contributed by atoms with E-state index < -0.39 is 26.4 Å². The van der Waals surface area contributed by atoms with Gasteiger partial charge in [-0.05, 0) is 143 Å². The summed E-state index contributed by atoms with van der Waals surface area (Å²) in [5.41, 5.74) is 4.33. The normalized spacial score (nSPS) is 22.4. The maximum atomic E-state index is 11.8. The fourth-order valence-electron chi connectivity index (χ4n) is 5.57. The van der Waals surface area contributed by atoms with Gasteiger partial charge in [-0.25, -0.2) is 0 Å². The van der Waals surface area contributed by atoms with E-state index in [1.807, 2.05) is 131 Å². The van der Waals surface area contributed by atoms with Crippen LogP contribution < -0.4 is 21.1 Å². The van der Waals surface area contributed by atoms with E-state index in [0.29, 0.717) is 12.1 Å². The van der Waals surface area contributed by atoms with Crippen molar-refractivity contribution in [3.63, 3.8) is 0 Å². The maximum Gasteiger partial charge on any atom is 2.00 e. The second-order valence-corrected chi connectivity index (χ2v) is 15.2. The SMILES string of the molecule is Cc1cc(COC([O-])=N[C]2[CH][CH][CH][CH]2)ccc1B1OC(C)(C)C(C)(C)O1.Cc1cc(COC([O-])=N[C]2[CH][CH][CH][CH]2)ccc1B1OC(C)(C)C(C)(C)O1.[Fe+2]. The molecule has 0 amide bonds. The topological polar surface area (TPSA) is 126 Å². The Morgan fingerprint density at radius 2 is 0.868 bits per heavy atom. The summed E-state index contributed by atoms with van der Waals surface area (Å²) in [6.45, 7) is 20.6. The Hall–Kier alpha value is -2.53. The molecule has 10 radical (unpaired) electrons. The first-order chi connectivity index (χ1) is 24.4. The van der Waals surface area contributed by atoms with E-state index in [9.17, 15) is 10.2 Å². The van der Waals surface area contributed by atoms with E-state index in [1.165, 1.54) is 0 Å². The van der Waals surface area contributed by atoms with Gasteiger partial charge in [-0.1, -0.05) is 47.5 Å². The molecule has 0 atom stereocenters.